The molecular weight excluding hydrogens is 365 g/mol. The molecule has 140 valence electrons. The van der Waals surface area contributed by atoms with Crippen LogP contribution in [-0.2, 0) is 14.8 Å². The number of carboxylic acid groups (broad SMARTS) is 1. The summed E-state index contributed by atoms with van der Waals surface area (Å²) in [5, 5.41) is 10.5. The summed E-state index contributed by atoms with van der Waals surface area (Å²) in [6, 6.07) is 1.95. The summed E-state index contributed by atoms with van der Waals surface area (Å²) in [6.45, 7) is 3.17. The Kier molecular flexibility index (Phi) is 6.54. The third-order valence-corrected chi connectivity index (χ3v) is 4.49. The molecule has 0 fully saturated rings. The Morgan fingerprint density at radius 3 is 2.32 bits per heavy atom. The number of carboxylic acids is 1. The van der Waals surface area contributed by atoms with Gasteiger partial charge in [-0.15, -0.1) is 0 Å². The minimum atomic E-state index is -4.79. The van der Waals surface area contributed by atoms with Gasteiger partial charge in [0, 0.05) is 11.6 Å². The second-order valence-corrected chi connectivity index (χ2v) is 7.20. The zero-order chi connectivity index (χ0) is 19.4. The van der Waals surface area contributed by atoms with Crippen LogP contribution < -0.4 is 10.0 Å². The summed E-state index contributed by atoms with van der Waals surface area (Å²) in [7, 11) is -3.92. The van der Waals surface area contributed by atoms with Crippen LogP contribution in [0.4, 0.5) is 13.2 Å². The molecule has 25 heavy (non-hydrogen) atoms. The number of halogens is 3. The van der Waals surface area contributed by atoms with Crippen LogP contribution in [0.1, 0.15) is 30.6 Å². The molecule has 1 aromatic rings. The Bertz CT molecular complexity index is 747. The van der Waals surface area contributed by atoms with Crippen molar-refractivity contribution in [1.29, 1.82) is 0 Å². The number of benzene rings is 1. The first-order chi connectivity index (χ1) is 11.3. The average molecular weight is 382 g/mol. The van der Waals surface area contributed by atoms with Crippen molar-refractivity contribution in [1.82, 2.24) is 10.0 Å². The van der Waals surface area contributed by atoms with E-state index in [4.69, 9.17) is 5.11 Å². The molecule has 11 heteroatoms. The lowest BCUT2D eigenvalue weighted by molar-refractivity contribution is -0.157. The molecule has 3 N–H and O–H groups in total. The highest BCUT2D eigenvalue weighted by Gasteiger charge is 2.36. The quantitative estimate of drug-likeness (QED) is 0.662. The van der Waals surface area contributed by atoms with E-state index in [0.29, 0.717) is 0 Å². The highest BCUT2D eigenvalue weighted by molar-refractivity contribution is 7.89. The zero-order valence-corrected chi connectivity index (χ0v) is 14.1. The summed E-state index contributed by atoms with van der Waals surface area (Å²) in [4.78, 5) is 22.6. The lowest BCUT2D eigenvalue weighted by atomic mass is 10.1. The topological polar surface area (TPSA) is 113 Å². The van der Waals surface area contributed by atoms with Gasteiger partial charge < -0.3 is 10.4 Å². The lowest BCUT2D eigenvalue weighted by Gasteiger charge is -2.16. The molecule has 0 aliphatic heterocycles. The smallest absolute Gasteiger partial charge is 0.391 e. The maximum absolute atomic E-state index is 12.4. The maximum atomic E-state index is 12.4. The SMILES string of the molecule is CC(C)NS(=O)(=O)c1cccc(C(=O)NC(CC(F)(F)F)C(=O)O)c1. The average Bonchev–Trinajstić information content (AvgIpc) is 2.43. The second kappa shape index (κ2) is 7.83. The van der Waals surface area contributed by atoms with E-state index in [1.54, 1.807) is 19.2 Å². The Hall–Kier alpha value is -2.14. The van der Waals surface area contributed by atoms with Gasteiger partial charge in [0.15, 0.2) is 0 Å². The monoisotopic (exact) mass is 382 g/mol. The van der Waals surface area contributed by atoms with E-state index >= 15 is 0 Å². The molecule has 0 radical (unpaired) electrons. The molecule has 7 nitrogen and oxygen atoms in total. The van der Waals surface area contributed by atoms with E-state index in [9.17, 15) is 31.2 Å². The van der Waals surface area contributed by atoms with Crippen LogP contribution in [0.3, 0.4) is 0 Å². The first-order valence-electron chi connectivity index (χ1n) is 7.04. The van der Waals surface area contributed by atoms with Gasteiger partial charge in [-0.05, 0) is 32.0 Å². The zero-order valence-electron chi connectivity index (χ0n) is 13.3. The van der Waals surface area contributed by atoms with E-state index in [-0.39, 0.29) is 10.5 Å². The van der Waals surface area contributed by atoms with Crippen molar-refractivity contribution < 1.29 is 36.3 Å². The van der Waals surface area contributed by atoms with Crippen molar-refractivity contribution in [2.45, 2.75) is 43.4 Å². The van der Waals surface area contributed by atoms with Gasteiger partial charge in [-0.25, -0.2) is 17.9 Å². The van der Waals surface area contributed by atoms with Crippen LogP contribution in [0.5, 0.6) is 0 Å². The van der Waals surface area contributed by atoms with E-state index in [2.05, 4.69) is 4.72 Å². The van der Waals surface area contributed by atoms with E-state index in [1.165, 1.54) is 12.1 Å². The number of aliphatic carboxylic acids is 1. The maximum Gasteiger partial charge on any atom is 0.391 e. The minimum Gasteiger partial charge on any atom is -0.480 e. The molecule has 1 rings (SSSR count). The molecule has 1 atom stereocenters. The van der Waals surface area contributed by atoms with Crippen molar-refractivity contribution in [2.24, 2.45) is 0 Å². The van der Waals surface area contributed by atoms with Crippen molar-refractivity contribution >= 4 is 21.9 Å². The second-order valence-electron chi connectivity index (χ2n) is 5.49. The number of nitrogens with one attached hydrogen (secondary N) is 2. The van der Waals surface area contributed by atoms with Crippen LogP contribution in [0.15, 0.2) is 29.2 Å². The standard InChI is InChI=1S/C14H17F3N2O5S/c1-8(2)19-25(23,24)10-5-3-4-9(6-10)12(20)18-11(13(21)22)7-14(15,16)17/h3-6,8,11,19H,7H2,1-2H3,(H,18,20)(H,21,22). The third-order valence-electron chi connectivity index (χ3n) is 2.84. The molecule has 0 aliphatic carbocycles. The van der Waals surface area contributed by atoms with Crippen molar-refractivity contribution in [3.05, 3.63) is 29.8 Å². The summed E-state index contributed by atoms with van der Waals surface area (Å²) in [5.74, 6) is -2.98. The van der Waals surface area contributed by atoms with E-state index < -0.39 is 46.6 Å². The van der Waals surface area contributed by atoms with Crippen LogP contribution in [-0.4, -0.2) is 43.7 Å². The Labute approximate surface area is 142 Å². The fourth-order valence-corrected chi connectivity index (χ4v) is 3.15. The molecule has 0 spiro atoms. The normalized spacial score (nSPS) is 13.5. The van der Waals surface area contributed by atoms with Crippen LogP contribution in [0.25, 0.3) is 0 Å². The number of hydrogen-bond acceptors (Lipinski definition) is 4. The Balaban J connectivity index is 3.03. The number of amides is 1. The Morgan fingerprint density at radius 2 is 1.84 bits per heavy atom. The lowest BCUT2D eigenvalue weighted by Crippen LogP contribution is -2.43. The number of alkyl halides is 3. The van der Waals surface area contributed by atoms with E-state index in [0.717, 1.165) is 12.1 Å². The predicted molar refractivity (Wildman–Crippen MR) is 81.5 cm³/mol. The van der Waals surface area contributed by atoms with Gasteiger partial charge in [0.25, 0.3) is 5.91 Å². The summed E-state index contributed by atoms with van der Waals surface area (Å²) in [5.41, 5.74) is -0.278. The molecule has 1 aromatic carbocycles. The van der Waals surface area contributed by atoms with Gasteiger partial charge in [0.2, 0.25) is 10.0 Å². The number of carbonyl (C=O) groups excluding carboxylic acids is 1. The van der Waals surface area contributed by atoms with Crippen LogP contribution >= 0.6 is 0 Å². The van der Waals surface area contributed by atoms with E-state index in [1.807, 2.05) is 0 Å². The number of rotatable bonds is 7. The minimum absolute atomic E-state index is 0.267. The van der Waals surface area contributed by atoms with Gasteiger partial charge in [0.1, 0.15) is 6.04 Å². The van der Waals surface area contributed by atoms with Gasteiger partial charge in [-0.3, -0.25) is 4.79 Å². The molecular formula is C14H17F3N2O5S. The van der Waals surface area contributed by atoms with Crippen LogP contribution in [0, 0.1) is 0 Å². The predicted octanol–water partition coefficient (Wildman–Crippen LogP) is 1.51. The third kappa shape index (κ3) is 6.70. The highest BCUT2D eigenvalue weighted by atomic mass is 32.2. The van der Waals surface area contributed by atoms with Gasteiger partial charge in [-0.1, -0.05) is 6.07 Å². The molecule has 0 saturated carbocycles. The Morgan fingerprint density at radius 1 is 1.24 bits per heavy atom. The fourth-order valence-electron chi connectivity index (χ4n) is 1.86. The molecule has 0 saturated heterocycles. The molecule has 1 unspecified atom stereocenters. The number of hydrogen-bond donors (Lipinski definition) is 3. The van der Waals surface area contributed by atoms with Crippen LogP contribution in [0.2, 0.25) is 0 Å². The van der Waals surface area contributed by atoms with Gasteiger partial charge in [0.05, 0.1) is 11.3 Å². The fraction of sp³-hybridized carbons (Fsp3) is 0.429. The van der Waals surface area contributed by atoms with Crippen molar-refractivity contribution in [3.63, 3.8) is 0 Å². The largest absolute Gasteiger partial charge is 0.480 e. The molecule has 0 aliphatic rings. The molecule has 1 amide bonds. The molecule has 0 aromatic heterocycles. The molecule has 0 heterocycles. The van der Waals surface area contributed by atoms with Crippen molar-refractivity contribution in [2.75, 3.05) is 0 Å². The summed E-state index contributed by atoms with van der Waals surface area (Å²) in [6.07, 6.45) is -6.54. The number of carbonyl (C=O) groups is 2. The first-order valence-corrected chi connectivity index (χ1v) is 8.53. The van der Waals surface area contributed by atoms with Gasteiger partial charge >= 0.3 is 12.1 Å². The number of sulfonamides is 1. The first kappa shape index (κ1) is 20.9. The summed E-state index contributed by atoms with van der Waals surface area (Å²) < 4.78 is 63.5. The van der Waals surface area contributed by atoms with Crippen molar-refractivity contribution in [3.8, 4) is 0 Å². The molecule has 0 bridgehead atoms. The van der Waals surface area contributed by atoms with Gasteiger partial charge in [-0.2, -0.15) is 13.2 Å². The summed E-state index contributed by atoms with van der Waals surface area (Å²) >= 11 is 0. The highest BCUT2D eigenvalue weighted by Crippen LogP contribution is 2.22.